The van der Waals surface area contributed by atoms with Crippen molar-refractivity contribution in [3.05, 3.63) is 0 Å². The van der Waals surface area contributed by atoms with E-state index < -0.39 is 0 Å². The van der Waals surface area contributed by atoms with E-state index in [1.54, 1.807) is 0 Å². The molecule has 0 radical (unpaired) electrons. The summed E-state index contributed by atoms with van der Waals surface area (Å²) < 4.78 is 0. The molecule has 0 atom stereocenters. The number of aliphatic hydroxyl groups is 1. The van der Waals surface area contributed by atoms with Gasteiger partial charge >= 0.3 is 0 Å². The smallest absolute Gasteiger partial charge is 0.248 e. The Labute approximate surface area is 84.4 Å². The maximum absolute atomic E-state index is 10.1. The van der Waals surface area contributed by atoms with E-state index in [2.05, 4.69) is 24.2 Å². The van der Waals surface area contributed by atoms with Gasteiger partial charge < -0.3 is 10.8 Å². The van der Waals surface area contributed by atoms with Crippen LogP contribution in [0, 0.1) is 5.92 Å². The highest BCUT2D eigenvalue weighted by Crippen LogP contribution is 2.00. The summed E-state index contributed by atoms with van der Waals surface area (Å²) in [5.41, 5.74) is 5.04. The van der Waals surface area contributed by atoms with Crippen LogP contribution in [0.2, 0.25) is 0 Å². The number of aliphatic hydroxyl groups excluding tert-OH is 1. The summed E-state index contributed by atoms with van der Waals surface area (Å²) >= 11 is 0. The minimum Gasteiger partial charge on any atom is -0.396 e. The van der Waals surface area contributed by atoms with Crippen molar-refractivity contribution >= 4 is 11.9 Å². The topological polar surface area (TPSA) is 87.7 Å². The fourth-order valence-corrected chi connectivity index (χ4v) is 0.878. The van der Waals surface area contributed by atoms with Crippen molar-refractivity contribution in [1.82, 2.24) is 5.32 Å². The van der Waals surface area contributed by atoms with Crippen LogP contribution in [0.1, 0.15) is 26.7 Å². The fourth-order valence-electron chi connectivity index (χ4n) is 0.878. The van der Waals surface area contributed by atoms with Crippen LogP contribution in [0.4, 0.5) is 0 Å². The van der Waals surface area contributed by atoms with Gasteiger partial charge in [0.25, 0.3) is 0 Å². The molecule has 0 aromatic rings. The van der Waals surface area contributed by atoms with Gasteiger partial charge in [-0.3, -0.25) is 10.1 Å². The van der Waals surface area contributed by atoms with Crippen LogP contribution in [-0.2, 0) is 4.79 Å². The second-order valence-corrected chi connectivity index (χ2v) is 3.51. The maximum Gasteiger partial charge on any atom is 0.248 e. The zero-order chi connectivity index (χ0) is 11.0. The average molecular weight is 201 g/mol. The molecule has 1 rings (SSSR count). The number of nitrogens with one attached hydrogen (secondary N) is 1. The molecule has 1 aliphatic rings. The lowest BCUT2D eigenvalue weighted by Crippen LogP contribution is -2.30. The van der Waals surface area contributed by atoms with Crippen LogP contribution < -0.4 is 11.1 Å². The number of hydrogen-bond donors (Lipinski definition) is 3. The Balaban J connectivity index is 0.000000241. The predicted octanol–water partition coefficient (Wildman–Crippen LogP) is -0.154. The highest BCUT2D eigenvalue weighted by Gasteiger charge is 2.07. The van der Waals surface area contributed by atoms with E-state index in [0.717, 1.165) is 18.8 Å². The monoisotopic (exact) mass is 201 g/mol. The quantitative estimate of drug-likeness (QED) is 0.593. The van der Waals surface area contributed by atoms with E-state index in [0.29, 0.717) is 6.61 Å². The first kappa shape index (κ1) is 12.9. The molecule has 0 aromatic carbocycles. The SMILES string of the molecule is CC(C)CCCO.NC1=NCC(=O)N1. The van der Waals surface area contributed by atoms with Gasteiger partial charge in [-0.2, -0.15) is 0 Å². The number of nitrogens with zero attached hydrogens (tertiary/aromatic N) is 1. The van der Waals surface area contributed by atoms with Crippen molar-refractivity contribution in [3.63, 3.8) is 0 Å². The van der Waals surface area contributed by atoms with Crippen LogP contribution in [-0.4, -0.2) is 30.1 Å². The molecule has 5 heteroatoms. The Hall–Kier alpha value is -1.10. The zero-order valence-corrected chi connectivity index (χ0v) is 8.79. The summed E-state index contributed by atoms with van der Waals surface area (Å²) in [6.45, 7) is 4.86. The number of amides is 1. The van der Waals surface area contributed by atoms with Crippen molar-refractivity contribution in [2.45, 2.75) is 26.7 Å². The van der Waals surface area contributed by atoms with Gasteiger partial charge in [-0.05, 0) is 18.8 Å². The van der Waals surface area contributed by atoms with Crippen LogP contribution in [0.3, 0.4) is 0 Å². The summed E-state index contributed by atoms with van der Waals surface area (Å²) in [5.74, 6) is 0.842. The molecular formula is C9H19N3O2. The number of guanidine groups is 1. The lowest BCUT2D eigenvalue weighted by atomic mass is 10.1. The second-order valence-electron chi connectivity index (χ2n) is 3.51. The molecule has 0 aliphatic carbocycles. The fraction of sp³-hybridized carbons (Fsp3) is 0.778. The summed E-state index contributed by atoms with van der Waals surface area (Å²) in [6.07, 6.45) is 2.11. The zero-order valence-electron chi connectivity index (χ0n) is 8.79. The van der Waals surface area contributed by atoms with E-state index in [1.807, 2.05) is 0 Å². The first-order chi connectivity index (χ1) is 6.56. The molecule has 0 bridgehead atoms. The minimum absolute atomic E-state index is 0.127. The van der Waals surface area contributed by atoms with E-state index >= 15 is 0 Å². The number of carbonyl (C=O) groups excluding carboxylic acids is 1. The standard InChI is InChI=1S/C6H14O.C3H5N3O/c1-6(2)4-3-5-7;4-3-5-1-2(7)6-3/h6-7H,3-5H2,1-2H3;1H2,(H3,4,5,6,7). The van der Waals surface area contributed by atoms with Crippen molar-refractivity contribution in [3.8, 4) is 0 Å². The molecule has 82 valence electrons. The molecule has 0 spiro atoms. The van der Waals surface area contributed by atoms with E-state index in [9.17, 15) is 4.79 Å². The highest BCUT2D eigenvalue weighted by atomic mass is 16.2. The van der Waals surface area contributed by atoms with Crippen molar-refractivity contribution in [2.24, 2.45) is 16.6 Å². The molecule has 0 saturated heterocycles. The Morgan fingerprint density at radius 2 is 2.29 bits per heavy atom. The molecule has 0 unspecified atom stereocenters. The second kappa shape index (κ2) is 7.32. The normalized spacial score (nSPS) is 14.6. The summed E-state index contributed by atoms with van der Waals surface area (Å²) in [4.78, 5) is 13.7. The first-order valence-corrected chi connectivity index (χ1v) is 4.77. The van der Waals surface area contributed by atoms with Gasteiger partial charge in [0.05, 0.1) is 0 Å². The lowest BCUT2D eigenvalue weighted by molar-refractivity contribution is -0.117. The van der Waals surface area contributed by atoms with E-state index in [-0.39, 0.29) is 18.4 Å². The minimum atomic E-state index is -0.127. The third-order valence-corrected chi connectivity index (χ3v) is 1.60. The summed E-state index contributed by atoms with van der Waals surface area (Å²) in [5, 5.41) is 10.6. The Morgan fingerprint density at radius 3 is 2.43 bits per heavy atom. The molecule has 1 heterocycles. The van der Waals surface area contributed by atoms with E-state index in [4.69, 9.17) is 10.8 Å². The number of carbonyl (C=O) groups is 1. The van der Waals surface area contributed by atoms with Crippen LogP contribution >= 0.6 is 0 Å². The molecule has 5 nitrogen and oxygen atoms in total. The largest absolute Gasteiger partial charge is 0.396 e. The number of hydrogen-bond acceptors (Lipinski definition) is 4. The molecular weight excluding hydrogens is 182 g/mol. The molecule has 0 aromatic heterocycles. The highest BCUT2D eigenvalue weighted by molar-refractivity contribution is 6.02. The maximum atomic E-state index is 10.1. The van der Waals surface area contributed by atoms with Gasteiger partial charge in [-0.25, -0.2) is 4.99 Å². The Morgan fingerprint density at radius 1 is 1.64 bits per heavy atom. The van der Waals surface area contributed by atoms with Crippen molar-refractivity contribution in [1.29, 1.82) is 0 Å². The van der Waals surface area contributed by atoms with Crippen molar-refractivity contribution < 1.29 is 9.90 Å². The molecule has 14 heavy (non-hydrogen) atoms. The summed E-state index contributed by atoms with van der Waals surface area (Å²) in [7, 11) is 0. The summed E-state index contributed by atoms with van der Waals surface area (Å²) in [6, 6.07) is 0. The molecule has 0 saturated carbocycles. The van der Waals surface area contributed by atoms with Gasteiger partial charge in [-0.15, -0.1) is 0 Å². The first-order valence-electron chi connectivity index (χ1n) is 4.77. The van der Waals surface area contributed by atoms with Gasteiger partial charge in [0.15, 0.2) is 5.96 Å². The number of rotatable bonds is 3. The van der Waals surface area contributed by atoms with Crippen molar-refractivity contribution in [2.75, 3.05) is 13.2 Å². The number of nitrogens with two attached hydrogens (primary N) is 1. The van der Waals surface area contributed by atoms with Crippen LogP contribution in [0.25, 0.3) is 0 Å². The van der Waals surface area contributed by atoms with Gasteiger partial charge in [0, 0.05) is 6.61 Å². The van der Waals surface area contributed by atoms with E-state index in [1.165, 1.54) is 0 Å². The third-order valence-electron chi connectivity index (χ3n) is 1.60. The van der Waals surface area contributed by atoms with Gasteiger partial charge in [-0.1, -0.05) is 13.8 Å². The molecule has 0 fully saturated rings. The predicted molar refractivity (Wildman–Crippen MR) is 55.8 cm³/mol. The van der Waals surface area contributed by atoms with Gasteiger partial charge in [0.1, 0.15) is 6.54 Å². The molecule has 4 N–H and O–H groups in total. The van der Waals surface area contributed by atoms with Crippen LogP contribution in [0.5, 0.6) is 0 Å². The third kappa shape index (κ3) is 7.54. The molecule has 1 aliphatic heterocycles. The number of aliphatic imine (C=N–C) groups is 1. The Bertz CT molecular complexity index is 202. The Kier molecular flexibility index (Phi) is 6.74. The van der Waals surface area contributed by atoms with Gasteiger partial charge in [0.2, 0.25) is 5.91 Å². The average Bonchev–Trinajstić information content (AvgIpc) is 2.47. The van der Waals surface area contributed by atoms with Crippen LogP contribution in [0.15, 0.2) is 4.99 Å². The lowest BCUT2D eigenvalue weighted by Gasteiger charge is -1.98. The molecule has 1 amide bonds.